The molecule has 1 aliphatic heterocycles. The topological polar surface area (TPSA) is 21.3 Å². The molecule has 1 rings (SSSR count). The molecule has 0 saturated carbocycles. The Morgan fingerprint density at radius 1 is 1.50 bits per heavy atom. The molecule has 0 aromatic carbocycles. The van der Waals surface area contributed by atoms with E-state index in [-0.39, 0.29) is 5.54 Å². The van der Waals surface area contributed by atoms with Crippen molar-refractivity contribution in [3.8, 4) is 0 Å². The third-order valence-electron chi connectivity index (χ3n) is 2.12. The molecule has 0 aromatic heterocycles. The third-order valence-corrected chi connectivity index (χ3v) is 2.12. The van der Waals surface area contributed by atoms with E-state index in [4.69, 9.17) is 4.74 Å². The highest BCUT2D eigenvalue weighted by molar-refractivity contribution is 4.83. The van der Waals surface area contributed by atoms with Gasteiger partial charge in [-0.1, -0.05) is 6.92 Å². The van der Waals surface area contributed by atoms with E-state index in [1.165, 1.54) is 6.42 Å². The van der Waals surface area contributed by atoms with E-state index in [1.807, 2.05) is 0 Å². The molecule has 1 heterocycles. The fraction of sp³-hybridized carbons (Fsp3) is 1.00. The van der Waals surface area contributed by atoms with Gasteiger partial charge in [0.2, 0.25) is 0 Å². The minimum atomic E-state index is 0.286. The molecule has 10 heavy (non-hydrogen) atoms. The van der Waals surface area contributed by atoms with Crippen LogP contribution in [0.4, 0.5) is 0 Å². The van der Waals surface area contributed by atoms with Crippen LogP contribution >= 0.6 is 0 Å². The molecule has 0 amide bonds. The van der Waals surface area contributed by atoms with E-state index < -0.39 is 0 Å². The standard InChI is InChI=1S/C8H17NO/c1-4-8(2,3)9-7-5-10-6-7/h7,9H,4-6H2,1-3H3. The summed E-state index contributed by atoms with van der Waals surface area (Å²) >= 11 is 0. The molecule has 60 valence electrons. The second kappa shape index (κ2) is 2.89. The molecule has 0 unspecified atom stereocenters. The average Bonchev–Trinajstić information content (AvgIpc) is 1.80. The molecule has 1 saturated heterocycles. The Hall–Kier alpha value is -0.0800. The quantitative estimate of drug-likeness (QED) is 0.640. The van der Waals surface area contributed by atoms with Crippen molar-refractivity contribution >= 4 is 0 Å². The molecule has 0 aromatic rings. The highest BCUT2D eigenvalue weighted by atomic mass is 16.5. The van der Waals surface area contributed by atoms with Crippen LogP contribution in [0.5, 0.6) is 0 Å². The molecule has 0 spiro atoms. The Morgan fingerprint density at radius 3 is 2.40 bits per heavy atom. The van der Waals surface area contributed by atoms with E-state index in [2.05, 4.69) is 26.1 Å². The van der Waals surface area contributed by atoms with Crippen LogP contribution in [0.15, 0.2) is 0 Å². The van der Waals surface area contributed by atoms with E-state index in [9.17, 15) is 0 Å². The largest absolute Gasteiger partial charge is 0.378 e. The summed E-state index contributed by atoms with van der Waals surface area (Å²) in [4.78, 5) is 0. The molecule has 0 atom stereocenters. The van der Waals surface area contributed by atoms with Crippen molar-refractivity contribution < 1.29 is 4.74 Å². The SMILES string of the molecule is CCC(C)(C)NC1COC1. The summed E-state index contributed by atoms with van der Waals surface area (Å²) in [5.41, 5.74) is 0.286. The molecule has 1 N–H and O–H groups in total. The molecule has 0 aliphatic carbocycles. The lowest BCUT2D eigenvalue weighted by Crippen LogP contribution is -2.54. The van der Waals surface area contributed by atoms with Crippen molar-refractivity contribution in [3.63, 3.8) is 0 Å². The van der Waals surface area contributed by atoms with Gasteiger partial charge in [0.05, 0.1) is 19.3 Å². The van der Waals surface area contributed by atoms with Crippen molar-refractivity contribution in [1.82, 2.24) is 5.32 Å². The van der Waals surface area contributed by atoms with Gasteiger partial charge in [0, 0.05) is 5.54 Å². The molecule has 2 nitrogen and oxygen atoms in total. The summed E-state index contributed by atoms with van der Waals surface area (Å²) < 4.78 is 5.06. The monoisotopic (exact) mass is 143 g/mol. The van der Waals surface area contributed by atoms with Gasteiger partial charge in [-0.05, 0) is 20.3 Å². The van der Waals surface area contributed by atoms with Gasteiger partial charge < -0.3 is 10.1 Å². The zero-order valence-corrected chi connectivity index (χ0v) is 7.11. The van der Waals surface area contributed by atoms with Crippen LogP contribution in [0.1, 0.15) is 27.2 Å². The molecule has 1 aliphatic rings. The van der Waals surface area contributed by atoms with Crippen LogP contribution in [0.2, 0.25) is 0 Å². The minimum absolute atomic E-state index is 0.286. The van der Waals surface area contributed by atoms with Crippen LogP contribution in [0, 0.1) is 0 Å². The first-order chi connectivity index (χ1) is 4.64. The molecule has 2 heteroatoms. The van der Waals surface area contributed by atoms with Crippen molar-refractivity contribution in [1.29, 1.82) is 0 Å². The summed E-state index contributed by atoms with van der Waals surface area (Å²) in [5.74, 6) is 0. The normalized spacial score (nSPS) is 20.7. The number of ether oxygens (including phenoxy) is 1. The third kappa shape index (κ3) is 1.96. The van der Waals surface area contributed by atoms with Crippen molar-refractivity contribution in [2.24, 2.45) is 0 Å². The maximum atomic E-state index is 5.06. The van der Waals surface area contributed by atoms with Crippen LogP contribution in [0.25, 0.3) is 0 Å². The van der Waals surface area contributed by atoms with Crippen LogP contribution in [0.3, 0.4) is 0 Å². The summed E-state index contributed by atoms with van der Waals surface area (Å²) in [7, 11) is 0. The van der Waals surface area contributed by atoms with E-state index >= 15 is 0 Å². The van der Waals surface area contributed by atoms with Gasteiger partial charge in [-0.3, -0.25) is 0 Å². The molecule has 0 radical (unpaired) electrons. The Balaban J connectivity index is 2.21. The van der Waals surface area contributed by atoms with Gasteiger partial charge in [-0.15, -0.1) is 0 Å². The van der Waals surface area contributed by atoms with Gasteiger partial charge in [0.15, 0.2) is 0 Å². The predicted octanol–water partition coefficient (Wildman–Crippen LogP) is 1.16. The second-order valence-electron chi connectivity index (χ2n) is 3.62. The van der Waals surface area contributed by atoms with Crippen molar-refractivity contribution in [3.05, 3.63) is 0 Å². The summed E-state index contributed by atoms with van der Waals surface area (Å²) in [5, 5.41) is 3.52. The molecule has 1 fully saturated rings. The lowest BCUT2D eigenvalue weighted by molar-refractivity contribution is -0.0168. The Bertz CT molecular complexity index is 108. The van der Waals surface area contributed by atoms with Crippen LogP contribution in [-0.2, 0) is 4.74 Å². The van der Waals surface area contributed by atoms with E-state index in [0.29, 0.717) is 6.04 Å². The van der Waals surface area contributed by atoms with Gasteiger partial charge in [-0.2, -0.15) is 0 Å². The first-order valence-electron chi connectivity index (χ1n) is 3.99. The molecular formula is C8H17NO. The van der Waals surface area contributed by atoms with Gasteiger partial charge >= 0.3 is 0 Å². The first kappa shape index (κ1) is 8.02. The first-order valence-corrected chi connectivity index (χ1v) is 3.99. The van der Waals surface area contributed by atoms with E-state index in [1.54, 1.807) is 0 Å². The second-order valence-corrected chi connectivity index (χ2v) is 3.62. The maximum Gasteiger partial charge on any atom is 0.0643 e. The van der Waals surface area contributed by atoms with Gasteiger partial charge in [-0.25, -0.2) is 0 Å². The zero-order chi connectivity index (χ0) is 7.61. The highest BCUT2D eigenvalue weighted by Gasteiger charge is 2.24. The van der Waals surface area contributed by atoms with Crippen molar-refractivity contribution in [2.75, 3.05) is 13.2 Å². The number of nitrogens with one attached hydrogen (secondary N) is 1. The lowest BCUT2D eigenvalue weighted by Gasteiger charge is -2.35. The van der Waals surface area contributed by atoms with Crippen molar-refractivity contribution in [2.45, 2.75) is 38.8 Å². The molecular weight excluding hydrogens is 126 g/mol. The Kier molecular flexibility index (Phi) is 2.32. The Morgan fingerprint density at radius 2 is 2.10 bits per heavy atom. The summed E-state index contributed by atoms with van der Waals surface area (Å²) in [6.07, 6.45) is 1.17. The van der Waals surface area contributed by atoms with E-state index in [0.717, 1.165) is 13.2 Å². The number of hydrogen-bond acceptors (Lipinski definition) is 2. The summed E-state index contributed by atoms with van der Waals surface area (Å²) in [6.45, 7) is 8.44. The van der Waals surface area contributed by atoms with Gasteiger partial charge in [0.25, 0.3) is 0 Å². The molecule has 0 bridgehead atoms. The lowest BCUT2D eigenvalue weighted by atomic mass is 10.0. The fourth-order valence-electron chi connectivity index (χ4n) is 0.974. The minimum Gasteiger partial charge on any atom is -0.378 e. The average molecular weight is 143 g/mol. The number of hydrogen-bond donors (Lipinski definition) is 1. The maximum absolute atomic E-state index is 5.06. The predicted molar refractivity (Wildman–Crippen MR) is 42.1 cm³/mol. The highest BCUT2D eigenvalue weighted by Crippen LogP contribution is 2.11. The van der Waals surface area contributed by atoms with Gasteiger partial charge in [0.1, 0.15) is 0 Å². The number of rotatable bonds is 3. The zero-order valence-electron chi connectivity index (χ0n) is 7.11. The smallest absolute Gasteiger partial charge is 0.0643 e. The van der Waals surface area contributed by atoms with Crippen LogP contribution in [-0.4, -0.2) is 24.8 Å². The fourth-order valence-corrected chi connectivity index (χ4v) is 0.974. The Labute approximate surface area is 63.0 Å². The van der Waals surface area contributed by atoms with Crippen LogP contribution < -0.4 is 5.32 Å². The summed E-state index contributed by atoms with van der Waals surface area (Å²) in [6, 6.07) is 0.606.